The monoisotopic (exact) mass is 570 g/mol. The van der Waals surface area contributed by atoms with E-state index in [2.05, 4.69) is 25.4 Å². The lowest BCUT2D eigenvalue weighted by Crippen LogP contribution is -2.29. The highest BCUT2D eigenvalue weighted by Crippen LogP contribution is 2.47. The first kappa shape index (κ1) is 26.5. The van der Waals surface area contributed by atoms with Crippen LogP contribution in [-0.2, 0) is 4.79 Å². The molecule has 0 bridgehead atoms. The van der Waals surface area contributed by atoms with Gasteiger partial charge in [0.25, 0.3) is 5.91 Å². The van der Waals surface area contributed by atoms with E-state index in [0.29, 0.717) is 23.1 Å². The minimum Gasteiger partial charge on any atom is -0.318 e. The van der Waals surface area contributed by atoms with Gasteiger partial charge in [-0.2, -0.15) is 10.4 Å². The second kappa shape index (κ2) is 10.1. The first-order valence-electron chi connectivity index (χ1n) is 13.0. The number of aryl methyl sites for hydroxylation is 2. The fraction of sp³-hybridized carbons (Fsp3) is 0.276. The number of rotatable bonds is 6. The minimum absolute atomic E-state index is 0.0144. The van der Waals surface area contributed by atoms with Crippen molar-refractivity contribution in [2.24, 2.45) is 11.8 Å². The largest absolute Gasteiger partial charge is 0.318 e. The minimum atomic E-state index is -0.813. The van der Waals surface area contributed by atoms with Gasteiger partial charge in [0.2, 0.25) is 5.91 Å². The third kappa shape index (κ3) is 4.70. The molecule has 12 heteroatoms. The molecule has 2 amide bonds. The molecule has 2 aliphatic rings. The van der Waals surface area contributed by atoms with E-state index in [0.717, 1.165) is 24.1 Å². The number of nitrogens with one attached hydrogen (secondary N) is 1. The van der Waals surface area contributed by atoms with E-state index in [9.17, 15) is 19.2 Å². The molecule has 0 unspecified atom stereocenters. The Hall–Kier alpha value is -4.69. The number of hydrogen-bond donors (Lipinski definition) is 1. The molecular weight excluding hydrogens is 547 g/mol. The number of pyridine rings is 1. The first-order valence-corrected chi connectivity index (χ1v) is 13.4. The number of nitrogens with zero attached hydrogens (tertiary/aromatic N) is 7. The van der Waals surface area contributed by atoms with Crippen molar-refractivity contribution in [3.63, 3.8) is 0 Å². The normalized spacial score (nSPS) is 18.1. The maximum Gasteiger partial charge on any atom is 0.276 e. The maximum atomic E-state index is 14.8. The van der Waals surface area contributed by atoms with Crippen LogP contribution in [0.3, 0.4) is 0 Å². The topological polar surface area (TPSA) is 130 Å². The third-order valence-corrected chi connectivity index (χ3v) is 7.92. The number of anilines is 2. The Balaban J connectivity index is 1.20. The van der Waals surface area contributed by atoms with Crippen LogP contribution in [0.2, 0.25) is 5.02 Å². The van der Waals surface area contributed by atoms with E-state index in [4.69, 9.17) is 11.6 Å². The van der Waals surface area contributed by atoms with Crippen LogP contribution in [0.5, 0.6) is 0 Å². The predicted octanol–water partition coefficient (Wildman–Crippen LogP) is 4.86. The van der Waals surface area contributed by atoms with Gasteiger partial charge in [-0.1, -0.05) is 11.6 Å². The number of carbonyl (C=O) groups is 2. The number of hydrogen-bond acceptors (Lipinski definition) is 7. The number of nitriles is 1. The average molecular weight is 571 g/mol. The van der Waals surface area contributed by atoms with Crippen molar-refractivity contribution in [3.8, 4) is 17.3 Å². The van der Waals surface area contributed by atoms with Gasteiger partial charge in [0.15, 0.2) is 5.82 Å². The molecule has 4 heterocycles. The van der Waals surface area contributed by atoms with E-state index < -0.39 is 11.7 Å². The van der Waals surface area contributed by atoms with Gasteiger partial charge in [-0.25, -0.2) is 14.4 Å². The lowest BCUT2D eigenvalue weighted by molar-refractivity contribution is -0.118. The zero-order chi connectivity index (χ0) is 29.0. The fourth-order valence-electron chi connectivity index (χ4n) is 5.20. The molecule has 206 valence electrons. The van der Waals surface area contributed by atoms with Crippen molar-refractivity contribution in [1.82, 2.24) is 24.7 Å². The molecule has 41 heavy (non-hydrogen) atoms. The molecule has 1 saturated carbocycles. The molecule has 2 fully saturated rings. The Morgan fingerprint density at radius 1 is 1.24 bits per heavy atom. The van der Waals surface area contributed by atoms with Gasteiger partial charge in [-0.05, 0) is 62.4 Å². The standard InChI is InChI=1S/C29H24ClFN8O2/c1-14-6-18(9-34-27(14)38-12-19-7-21(19)29(38)41)16(3)39-13-20(10-35-39)36-28(40)26-15(2)33-11-23(37-26)24-17(8-32)4-5-22(30)25(24)31/h4-6,9-11,13,16,19,21H,7,12H2,1-3H3,(H,36,40)/t16-,19-,21-/m1/s1. The van der Waals surface area contributed by atoms with Gasteiger partial charge < -0.3 is 5.32 Å². The molecular formula is C29H24ClFN8O2. The summed E-state index contributed by atoms with van der Waals surface area (Å²) in [6, 6.07) is 6.38. The highest BCUT2D eigenvalue weighted by molar-refractivity contribution is 6.31. The maximum absolute atomic E-state index is 14.8. The number of aromatic nitrogens is 5. The highest BCUT2D eigenvalue weighted by Gasteiger charge is 2.53. The number of halogens is 2. The zero-order valence-electron chi connectivity index (χ0n) is 22.4. The summed E-state index contributed by atoms with van der Waals surface area (Å²) < 4.78 is 16.5. The molecule has 3 atom stereocenters. The molecule has 4 aromatic rings. The SMILES string of the molecule is Cc1cc([C@@H](C)n2cc(NC(=O)c3nc(-c4c(C#N)ccc(Cl)c4F)cnc3C)cn2)cnc1N1C[C@H]2C[C@H]2C1=O. The van der Waals surface area contributed by atoms with Crippen LogP contribution in [0, 0.1) is 42.8 Å². The quantitative estimate of drug-likeness (QED) is 0.350. The molecule has 1 N–H and O–H groups in total. The summed E-state index contributed by atoms with van der Waals surface area (Å²) in [7, 11) is 0. The predicted molar refractivity (Wildman–Crippen MR) is 149 cm³/mol. The Kier molecular flexibility index (Phi) is 6.50. The van der Waals surface area contributed by atoms with Crippen LogP contribution in [-0.4, -0.2) is 43.1 Å². The lowest BCUT2D eigenvalue weighted by Gasteiger charge is -2.21. The Morgan fingerprint density at radius 2 is 2.05 bits per heavy atom. The second-order valence-corrected chi connectivity index (χ2v) is 10.8. The summed E-state index contributed by atoms with van der Waals surface area (Å²) in [6.07, 6.45) is 7.22. The molecule has 1 saturated heterocycles. The number of fused-ring (bicyclic) bond motifs is 1. The molecule has 6 rings (SSSR count). The van der Waals surface area contributed by atoms with Gasteiger partial charge in [-0.15, -0.1) is 0 Å². The van der Waals surface area contributed by atoms with Crippen molar-refractivity contribution < 1.29 is 14.0 Å². The summed E-state index contributed by atoms with van der Waals surface area (Å²) in [5.74, 6) is 0.104. The molecule has 0 spiro atoms. The summed E-state index contributed by atoms with van der Waals surface area (Å²) in [5.41, 5.74) is 2.44. The van der Waals surface area contributed by atoms with Gasteiger partial charge >= 0.3 is 0 Å². The van der Waals surface area contributed by atoms with Crippen molar-refractivity contribution in [2.45, 2.75) is 33.2 Å². The smallest absolute Gasteiger partial charge is 0.276 e. The van der Waals surface area contributed by atoms with Gasteiger partial charge in [-0.3, -0.25) is 24.2 Å². The molecule has 0 radical (unpaired) electrons. The van der Waals surface area contributed by atoms with Crippen LogP contribution in [0.1, 0.15) is 52.3 Å². The summed E-state index contributed by atoms with van der Waals surface area (Å²) in [4.78, 5) is 40.5. The number of amides is 2. The highest BCUT2D eigenvalue weighted by atomic mass is 35.5. The van der Waals surface area contributed by atoms with Crippen LogP contribution in [0.15, 0.2) is 43.0 Å². The first-order chi connectivity index (χ1) is 19.7. The summed E-state index contributed by atoms with van der Waals surface area (Å²) in [6.45, 7) is 6.23. The summed E-state index contributed by atoms with van der Waals surface area (Å²) in [5, 5.41) is 16.4. The van der Waals surface area contributed by atoms with Crippen LogP contribution in [0.4, 0.5) is 15.9 Å². The number of piperidine rings is 1. The molecule has 3 aromatic heterocycles. The van der Waals surface area contributed by atoms with Crippen molar-refractivity contribution >= 4 is 34.9 Å². The Morgan fingerprint density at radius 3 is 2.76 bits per heavy atom. The summed E-state index contributed by atoms with van der Waals surface area (Å²) >= 11 is 5.92. The molecule has 1 aliphatic carbocycles. The molecule has 1 aromatic carbocycles. The molecule has 1 aliphatic heterocycles. The van der Waals surface area contributed by atoms with E-state index in [1.54, 1.807) is 28.9 Å². The van der Waals surface area contributed by atoms with Crippen LogP contribution in [0.25, 0.3) is 11.3 Å². The average Bonchev–Trinajstić information content (AvgIpc) is 3.46. The van der Waals surface area contributed by atoms with Gasteiger partial charge in [0, 0.05) is 24.9 Å². The van der Waals surface area contributed by atoms with Gasteiger partial charge in [0.05, 0.1) is 57.7 Å². The zero-order valence-corrected chi connectivity index (χ0v) is 23.1. The van der Waals surface area contributed by atoms with Crippen LogP contribution < -0.4 is 10.2 Å². The third-order valence-electron chi connectivity index (χ3n) is 7.63. The van der Waals surface area contributed by atoms with Gasteiger partial charge in [0.1, 0.15) is 11.5 Å². The fourth-order valence-corrected chi connectivity index (χ4v) is 5.36. The van der Waals surface area contributed by atoms with Crippen molar-refractivity contribution in [2.75, 3.05) is 16.8 Å². The Bertz CT molecular complexity index is 1780. The van der Waals surface area contributed by atoms with E-state index in [1.807, 2.05) is 26.0 Å². The number of benzene rings is 1. The van der Waals surface area contributed by atoms with Crippen molar-refractivity contribution in [3.05, 3.63) is 81.9 Å². The second-order valence-electron chi connectivity index (χ2n) is 10.4. The van der Waals surface area contributed by atoms with Crippen molar-refractivity contribution in [1.29, 1.82) is 5.26 Å². The Labute approximate surface area is 239 Å². The van der Waals surface area contributed by atoms with E-state index in [1.165, 1.54) is 24.5 Å². The number of carbonyl (C=O) groups excluding carboxylic acids is 2. The van der Waals surface area contributed by atoms with E-state index in [-0.39, 0.29) is 45.4 Å². The lowest BCUT2D eigenvalue weighted by atomic mass is 10.0. The molecule has 10 nitrogen and oxygen atoms in total. The van der Waals surface area contributed by atoms with Crippen LogP contribution >= 0.6 is 11.6 Å². The van der Waals surface area contributed by atoms with E-state index >= 15 is 0 Å².